The second kappa shape index (κ2) is 8.15. The molecule has 26 heavy (non-hydrogen) atoms. The van der Waals surface area contributed by atoms with Crippen molar-refractivity contribution in [3.8, 4) is 5.75 Å². The van der Waals surface area contributed by atoms with Crippen LogP contribution in [0.15, 0.2) is 42.5 Å². The second-order valence-corrected chi connectivity index (χ2v) is 7.05. The topological polar surface area (TPSA) is 9.23 Å². The van der Waals surface area contributed by atoms with Gasteiger partial charge in [0.1, 0.15) is 12.4 Å². The number of rotatable bonds is 6. The average Bonchev–Trinajstić information content (AvgIpc) is 3.14. The van der Waals surface area contributed by atoms with Crippen LogP contribution in [-0.4, -0.2) is 0 Å². The van der Waals surface area contributed by atoms with Crippen LogP contribution in [0.4, 0.5) is 13.2 Å². The minimum atomic E-state index is -4.32. The number of alkyl halides is 3. The molecule has 1 fully saturated rings. The Bertz CT molecular complexity index is 716. The number of halogens is 3. The van der Waals surface area contributed by atoms with Crippen molar-refractivity contribution in [3.63, 3.8) is 0 Å². The fourth-order valence-corrected chi connectivity index (χ4v) is 3.79. The van der Waals surface area contributed by atoms with Gasteiger partial charge in [0.15, 0.2) is 0 Å². The molecule has 1 nitrogen and oxygen atoms in total. The Hall–Kier alpha value is -1.97. The van der Waals surface area contributed by atoms with Gasteiger partial charge in [0.05, 0.1) is 5.56 Å². The van der Waals surface area contributed by atoms with Gasteiger partial charge in [-0.1, -0.05) is 56.5 Å². The van der Waals surface area contributed by atoms with Gasteiger partial charge in [0, 0.05) is 0 Å². The summed E-state index contributed by atoms with van der Waals surface area (Å²) in [5.74, 6) is 0.787. The van der Waals surface area contributed by atoms with E-state index in [1.165, 1.54) is 6.07 Å². The molecule has 0 amide bonds. The summed E-state index contributed by atoms with van der Waals surface area (Å²) in [4.78, 5) is 0. The molecule has 0 bridgehead atoms. The number of ether oxygens (including phenoxy) is 1. The van der Waals surface area contributed by atoms with Gasteiger partial charge in [-0.25, -0.2) is 0 Å². The SMILES string of the molecule is CCCc1cc(OCc2ccccc2)c(C2CCCC2)cc1C(F)(F)F. The van der Waals surface area contributed by atoms with E-state index in [2.05, 4.69) is 0 Å². The maximum Gasteiger partial charge on any atom is 0.416 e. The third kappa shape index (κ3) is 4.40. The molecule has 2 aromatic rings. The zero-order valence-corrected chi connectivity index (χ0v) is 15.1. The minimum Gasteiger partial charge on any atom is -0.489 e. The Kier molecular flexibility index (Phi) is 5.90. The Balaban J connectivity index is 1.97. The van der Waals surface area contributed by atoms with Crippen LogP contribution in [0.1, 0.15) is 67.2 Å². The zero-order valence-electron chi connectivity index (χ0n) is 15.1. The molecule has 0 spiro atoms. The van der Waals surface area contributed by atoms with Crippen molar-refractivity contribution >= 4 is 0 Å². The lowest BCUT2D eigenvalue weighted by Gasteiger charge is -2.21. The summed E-state index contributed by atoms with van der Waals surface area (Å²) in [5, 5.41) is 0. The molecule has 2 aromatic carbocycles. The second-order valence-electron chi connectivity index (χ2n) is 7.05. The van der Waals surface area contributed by atoms with Gasteiger partial charge in [-0.3, -0.25) is 0 Å². The number of aryl methyl sites for hydroxylation is 1. The highest BCUT2D eigenvalue weighted by Gasteiger charge is 2.35. The quantitative estimate of drug-likeness (QED) is 0.543. The van der Waals surface area contributed by atoms with E-state index in [1.807, 2.05) is 37.3 Å². The molecular weight excluding hydrogens is 337 g/mol. The third-order valence-corrected chi connectivity index (χ3v) is 5.09. The van der Waals surface area contributed by atoms with Gasteiger partial charge < -0.3 is 4.74 Å². The number of hydrogen-bond donors (Lipinski definition) is 0. The van der Waals surface area contributed by atoms with Gasteiger partial charge in [-0.2, -0.15) is 13.2 Å². The molecule has 140 valence electrons. The Morgan fingerprint density at radius 3 is 2.35 bits per heavy atom. The largest absolute Gasteiger partial charge is 0.489 e. The van der Waals surface area contributed by atoms with Crippen LogP contribution in [0.3, 0.4) is 0 Å². The van der Waals surface area contributed by atoms with Crippen molar-refractivity contribution in [2.45, 2.75) is 64.1 Å². The molecule has 4 heteroatoms. The van der Waals surface area contributed by atoms with E-state index in [4.69, 9.17) is 4.74 Å². The summed E-state index contributed by atoms with van der Waals surface area (Å²) in [7, 11) is 0. The first-order valence-electron chi connectivity index (χ1n) is 9.39. The summed E-state index contributed by atoms with van der Waals surface area (Å²) in [5.41, 5.74) is 1.59. The van der Waals surface area contributed by atoms with Crippen LogP contribution in [0.25, 0.3) is 0 Å². The van der Waals surface area contributed by atoms with Gasteiger partial charge in [-0.05, 0) is 54.0 Å². The first kappa shape index (κ1) is 18.8. The summed E-state index contributed by atoms with van der Waals surface area (Å²) in [6.07, 6.45) is 0.765. The Labute approximate surface area is 153 Å². The van der Waals surface area contributed by atoms with Crippen molar-refractivity contribution in [3.05, 3.63) is 64.7 Å². The molecule has 0 aliphatic heterocycles. The van der Waals surface area contributed by atoms with E-state index >= 15 is 0 Å². The van der Waals surface area contributed by atoms with Crippen molar-refractivity contribution in [1.29, 1.82) is 0 Å². The van der Waals surface area contributed by atoms with Gasteiger partial charge in [-0.15, -0.1) is 0 Å². The zero-order chi connectivity index (χ0) is 18.6. The van der Waals surface area contributed by atoms with Crippen LogP contribution in [0.5, 0.6) is 5.75 Å². The molecule has 1 aliphatic carbocycles. The fraction of sp³-hybridized carbons (Fsp3) is 0.455. The average molecular weight is 362 g/mol. The molecule has 0 unspecified atom stereocenters. The number of benzene rings is 2. The predicted molar refractivity (Wildman–Crippen MR) is 97.4 cm³/mol. The lowest BCUT2D eigenvalue weighted by molar-refractivity contribution is -0.138. The molecule has 3 rings (SSSR count). The highest BCUT2D eigenvalue weighted by atomic mass is 19.4. The van der Waals surface area contributed by atoms with Gasteiger partial charge in [0.2, 0.25) is 0 Å². The standard InChI is InChI=1S/C22H25F3O/c1-2-8-18-13-21(26-15-16-9-4-3-5-10-16)19(17-11-6-7-12-17)14-20(18)22(23,24)25/h3-5,9-10,13-14,17H,2,6-8,11-12,15H2,1H3. The first-order chi connectivity index (χ1) is 12.5. The molecule has 0 N–H and O–H groups in total. The van der Waals surface area contributed by atoms with E-state index < -0.39 is 11.7 Å². The smallest absolute Gasteiger partial charge is 0.416 e. The summed E-state index contributed by atoms with van der Waals surface area (Å²) in [6, 6.07) is 12.7. The Morgan fingerprint density at radius 1 is 1.04 bits per heavy atom. The van der Waals surface area contributed by atoms with Crippen LogP contribution in [-0.2, 0) is 19.2 Å². The van der Waals surface area contributed by atoms with Gasteiger partial charge >= 0.3 is 6.18 Å². The Morgan fingerprint density at radius 2 is 1.73 bits per heavy atom. The van der Waals surface area contributed by atoms with Crippen LogP contribution >= 0.6 is 0 Å². The van der Waals surface area contributed by atoms with Crippen LogP contribution < -0.4 is 4.74 Å². The van der Waals surface area contributed by atoms with E-state index in [9.17, 15) is 13.2 Å². The van der Waals surface area contributed by atoms with Crippen LogP contribution in [0, 0.1) is 0 Å². The van der Waals surface area contributed by atoms with E-state index in [-0.39, 0.29) is 5.92 Å². The minimum absolute atomic E-state index is 0.164. The first-order valence-corrected chi connectivity index (χ1v) is 9.39. The monoisotopic (exact) mass is 362 g/mol. The van der Waals surface area contributed by atoms with Crippen molar-refractivity contribution < 1.29 is 17.9 Å². The lowest BCUT2D eigenvalue weighted by Crippen LogP contribution is -2.12. The van der Waals surface area contributed by atoms with Crippen molar-refractivity contribution in [1.82, 2.24) is 0 Å². The highest BCUT2D eigenvalue weighted by Crippen LogP contribution is 2.43. The molecule has 0 atom stereocenters. The van der Waals surface area contributed by atoms with Crippen LogP contribution in [0.2, 0.25) is 0 Å². The van der Waals surface area contributed by atoms with Gasteiger partial charge in [0.25, 0.3) is 0 Å². The molecular formula is C22H25F3O. The molecule has 1 saturated carbocycles. The molecule has 1 aliphatic rings. The molecule has 0 heterocycles. The molecule has 0 radical (unpaired) electrons. The van der Waals surface area contributed by atoms with Crippen molar-refractivity contribution in [2.75, 3.05) is 0 Å². The summed E-state index contributed by atoms with van der Waals surface area (Å²) >= 11 is 0. The van der Waals surface area contributed by atoms with E-state index in [0.717, 1.165) is 36.8 Å². The normalized spacial score (nSPS) is 15.4. The third-order valence-electron chi connectivity index (χ3n) is 5.09. The fourth-order valence-electron chi connectivity index (χ4n) is 3.79. The van der Waals surface area contributed by atoms with E-state index in [1.54, 1.807) is 6.07 Å². The summed E-state index contributed by atoms with van der Waals surface area (Å²) < 4.78 is 46.8. The van der Waals surface area contributed by atoms with Crippen molar-refractivity contribution in [2.24, 2.45) is 0 Å². The molecule has 0 aromatic heterocycles. The predicted octanol–water partition coefficient (Wildman–Crippen LogP) is 6.89. The number of hydrogen-bond acceptors (Lipinski definition) is 1. The maximum absolute atomic E-state index is 13.6. The maximum atomic E-state index is 13.6. The summed E-state index contributed by atoms with van der Waals surface area (Å²) in [6.45, 7) is 2.27. The highest BCUT2D eigenvalue weighted by molar-refractivity contribution is 5.46. The lowest BCUT2D eigenvalue weighted by atomic mass is 9.91. The molecule has 0 saturated heterocycles. The van der Waals surface area contributed by atoms with E-state index in [0.29, 0.717) is 30.8 Å².